The Morgan fingerprint density at radius 2 is 2.07 bits per heavy atom. The summed E-state index contributed by atoms with van der Waals surface area (Å²) in [6.07, 6.45) is 1.56. The van der Waals surface area contributed by atoms with E-state index >= 15 is 0 Å². The smallest absolute Gasteiger partial charge is 0.145 e. The van der Waals surface area contributed by atoms with Gasteiger partial charge in [-0.15, -0.1) is 11.6 Å². The van der Waals surface area contributed by atoms with Crippen molar-refractivity contribution < 1.29 is 0 Å². The minimum atomic E-state index is 0.151. The van der Waals surface area contributed by atoms with Crippen molar-refractivity contribution in [2.24, 2.45) is 5.92 Å². The molecule has 2 nitrogen and oxygen atoms in total. The zero-order chi connectivity index (χ0) is 11.4. The zero-order valence-electron chi connectivity index (χ0n) is 8.60. The highest BCUT2D eigenvalue weighted by atomic mass is 35.5. The number of nitrogens with one attached hydrogen (secondary N) is 1. The fraction of sp³-hybridized carbons (Fsp3) is 0.500. The Kier molecular flexibility index (Phi) is 4.97. The van der Waals surface area contributed by atoms with Crippen molar-refractivity contribution in [2.45, 2.75) is 19.9 Å². The maximum atomic E-state index is 5.98. The van der Waals surface area contributed by atoms with Crippen LogP contribution in [0.2, 0.25) is 10.0 Å². The molecule has 1 heterocycles. The van der Waals surface area contributed by atoms with Crippen LogP contribution < -0.4 is 5.32 Å². The molecular formula is C10H13Cl3N2. The molecule has 15 heavy (non-hydrogen) atoms. The van der Waals surface area contributed by atoms with Crippen molar-refractivity contribution in [3.8, 4) is 0 Å². The Hall–Kier alpha value is -0.180. The number of hydrogen-bond acceptors (Lipinski definition) is 2. The van der Waals surface area contributed by atoms with E-state index in [1.807, 2.05) is 0 Å². The van der Waals surface area contributed by atoms with Gasteiger partial charge in [-0.25, -0.2) is 4.98 Å². The maximum absolute atomic E-state index is 5.98. The minimum Gasteiger partial charge on any atom is -0.365 e. The van der Waals surface area contributed by atoms with E-state index in [9.17, 15) is 0 Å². The standard InChI is InChI=1S/C10H13Cl3N2/c1-6(2)9(4-11)15-10-8(13)3-7(12)5-14-10/h3,5-6,9H,4H2,1-2H3,(H,14,15). The molecule has 1 N–H and O–H groups in total. The van der Waals surface area contributed by atoms with E-state index in [0.717, 1.165) is 0 Å². The van der Waals surface area contributed by atoms with Gasteiger partial charge >= 0.3 is 0 Å². The lowest BCUT2D eigenvalue weighted by Gasteiger charge is -2.20. The van der Waals surface area contributed by atoms with Crippen LogP contribution >= 0.6 is 34.8 Å². The molecule has 0 fully saturated rings. The van der Waals surface area contributed by atoms with Crippen molar-refractivity contribution in [2.75, 3.05) is 11.2 Å². The molecule has 84 valence electrons. The van der Waals surface area contributed by atoms with E-state index in [-0.39, 0.29) is 6.04 Å². The first-order valence-electron chi connectivity index (χ1n) is 4.68. The summed E-state index contributed by atoms with van der Waals surface area (Å²) in [5.74, 6) is 1.55. The Balaban J connectivity index is 2.79. The predicted octanol–water partition coefficient (Wildman–Crippen LogP) is 4.06. The third-order valence-corrected chi connectivity index (χ3v) is 2.93. The van der Waals surface area contributed by atoms with E-state index in [1.165, 1.54) is 0 Å². The van der Waals surface area contributed by atoms with Gasteiger partial charge < -0.3 is 5.32 Å². The van der Waals surface area contributed by atoms with Gasteiger partial charge in [-0.2, -0.15) is 0 Å². The Labute approximate surface area is 105 Å². The number of nitrogens with zero attached hydrogens (tertiary/aromatic N) is 1. The lowest BCUT2D eigenvalue weighted by atomic mass is 10.1. The van der Waals surface area contributed by atoms with Gasteiger partial charge in [0.15, 0.2) is 0 Å². The van der Waals surface area contributed by atoms with Gasteiger partial charge in [0.1, 0.15) is 5.82 Å². The van der Waals surface area contributed by atoms with Crippen LogP contribution in [0.4, 0.5) is 5.82 Å². The van der Waals surface area contributed by atoms with Crippen LogP contribution in [0.15, 0.2) is 12.3 Å². The molecule has 0 saturated heterocycles. The van der Waals surface area contributed by atoms with Crippen LogP contribution in [0.3, 0.4) is 0 Å². The molecule has 1 unspecified atom stereocenters. The minimum absolute atomic E-state index is 0.151. The first-order chi connectivity index (χ1) is 7.04. The lowest BCUT2D eigenvalue weighted by molar-refractivity contribution is 0.562. The molecule has 0 aliphatic heterocycles. The summed E-state index contributed by atoms with van der Waals surface area (Å²) in [5.41, 5.74) is 0. The number of aromatic nitrogens is 1. The van der Waals surface area contributed by atoms with Crippen molar-refractivity contribution in [1.82, 2.24) is 4.98 Å². The molecule has 0 spiro atoms. The third-order valence-electron chi connectivity index (χ3n) is 2.10. The van der Waals surface area contributed by atoms with Crippen molar-refractivity contribution in [3.63, 3.8) is 0 Å². The summed E-state index contributed by atoms with van der Waals surface area (Å²) >= 11 is 17.6. The largest absolute Gasteiger partial charge is 0.365 e. The van der Waals surface area contributed by atoms with E-state index in [2.05, 4.69) is 24.1 Å². The second kappa shape index (κ2) is 5.78. The van der Waals surface area contributed by atoms with Crippen molar-refractivity contribution in [1.29, 1.82) is 0 Å². The van der Waals surface area contributed by atoms with Crippen LogP contribution in [-0.4, -0.2) is 16.9 Å². The van der Waals surface area contributed by atoms with Gasteiger partial charge in [-0.3, -0.25) is 0 Å². The molecule has 0 radical (unpaired) electrons. The SMILES string of the molecule is CC(C)C(CCl)Nc1ncc(Cl)cc1Cl. The number of alkyl halides is 1. The second-order valence-electron chi connectivity index (χ2n) is 3.63. The third kappa shape index (κ3) is 3.71. The van der Waals surface area contributed by atoms with Crippen LogP contribution in [-0.2, 0) is 0 Å². The Morgan fingerprint density at radius 1 is 1.40 bits per heavy atom. The predicted molar refractivity (Wildman–Crippen MR) is 67.2 cm³/mol. The summed E-state index contributed by atoms with van der Waals surface area (Å²) in [6.45, 7) is 4.17. The highest BCUT2D eigenvalue weighted by Gasteiger charge is 2.14. The molecule has 0 aliphatic carbocycles. The molecule has 1 aromatic heterocycles. The van der Waals surface area contributed by atoms with Gasteiger partial charge in [0.2, 0.25) is 0 Å². The fourth-order valence-electron chi connectivity index (χ4n) is 1.08. The van der Waals surface area contributed by atoms with Crippen molar-refractivity contribution >= 4 is 40.6 Å². The van der Waals surface area contributed by atoms with Gasteiger partial charge in [-0.05, 0) is 12.0 Å². The van der Waals surface area contributed by atoms with E-state index in [1.54, 1.807) is 12.3 Å². The molecule has 1 rings (SSSR count). The summed E-state index contributed by atoms with van der Waals surface area (Å²) in [4.78, 5) is 4.11. The first-order valence-corrected chi connectivity index (χ1v) is 5.97. The average Bonchev–Trinajstić information content (AvgIpc) is 2.16. The highest BCUT2D eigenvalue weighted by molar-refractivity contribution is 6.35. The molecule has 5 heteroatoms. The van der Waals surface area contributed by atoms with E-state index < -0.39 is 0 Å². The topological polar surface area (TPSA) is 24.9 Å². The molecule has 0 aliphatic rings. The molecule has 0 bridgehead atoms. The monoisotopic (exact) mass is 266 g/mol. The van der Waals surface area contributed by atoms with Crippen LogP contribution in [0.25, 0.3) is 0 Å². The summed E-state index contributed by atoms with van der Waals surface area (Å²) in [5, 5.41) is 4.23. The number of hydrogen-bond donors (Lipinski definition) is 1. The van der Waals surface area contributed by atoms with Crippen LogP contribution in [0.5, 0.6) is 0 Å². The molecule has 0 amide bonds. The average molecular weight is 268 g/mol. The fourth-order valence-corrected chi connectivity index (χ4v) is 1.95. The summed E-state index contributed by atoms with van der Waals surface area (Å²) in [6, 6.07) is 1.81. The van der Waals surface area contributed by atoms with Crippen LogP contribution in [0.1, 0.15) is 13.8 Å². The quantitative estimate of drug-likeness (QED) is 0.832. The van der Waals surface area contributed by atoms with Crippen LogP contribution in [0, 0.1) is 5.92 Å². The molecule has 1 atom stereocenters. The lowest BCUT2D eigenvalue weighted by Crippen LogP contribution is -2.27. The zero-order valence-corrected chi connectivity index (χ0v) is 10.9. The van der Waals surface area contributed by atoms with Crippen molar-refractivity contribution in [3.05, 3.63) is 22.3 Å². The maximum Gasteiger partial charge on any atom is 0.145 e. The number of rotatable bonds is 4. The Bertz CT molecular complexity index is 328. The summed E-state index contributed by atoms with van der Waals surface area (Å²) < 4.78 is 0. The molecule has 0 aromatic carbocycles. The van der Waals surface area contributed by atoms with Gasteiger partial charge in [0, 0.05) is 18.1 Å². The summed E-state index contributed by atoms with van der Waals surface area (Å²) in [7, 11) is 0. The van der Waals surface area contributed by atoms with E-state index in [0.29, 0.717) is 27.7 Å². The molecule has 1 aromatic rings. The highest BCUT2D eigenvalue weighted by Crippen LogP contribution is 2.24. The van der Waals surface area contributed by atoms with Gasteiger partial charge in [0.05, 0.1) is 10.0 Å². The van der Waals surface area contributed by atoms with E-state index in [4.69, 9.17) is 34.8 Å². The Morgan fingerprint density at radius 3 is 2.53 bits per heavy atom. The van der Waals surface area contributed by atoms with Gasteiger partial charge in [0.25, 0.3) is 0 Å². The molecular weight excluding hydrogens is 254 g/mol. The van der Waals surface area contributed by atoms with Gasteiger partial charge in [-0.1, -0.05) is 37.0 Å². The number of anilines is 1. The number of halogens is 3. The normalized spacial score (nSPS) is 12.9. The first kappa shape index (κ1) is 12.9. The number of pyridine rings is 1. The second-order valence-corrected chi connectivity index (χ2v) is 4.79. The molecule has 0 saturated carbocycles.